The Morgan fingerprint density at radius 3 is 2.53 bits per heavy atom. The molecule has 3 aromatic rings. The van der Waals surface area contributed by atoms with Gasteiger partial charge in [-0.25, -0.2) is 4.98 Å². The summed E-state index contributed by atoms with van der Waals surface area (Å²) in [6.45, 7) is 2.21. The summed E-state index contributed by atoms with van der Waals surface area (Å²) in [5, 5.41) is 6.91. The number of aromatic nitrogens is 2. The molecule has 0 atom stereocenters. The lowest BCUT2D eigenvalue weighted by Crippen LogP contribution is -2.37. The number of aryl methyl sites for hydroxylation is 1. The second-order valence-corrected chi connectivity index (χ2v) is 9.67. The lowest BCUT2D eigenvalue weighted by atomic mass is 9.95. The maximum Gasteiger partial charge on any atom is 0.262 e. The van der Waals surface area contributed by atoms with Crippen LogP contribution in [0.1, 0.15) is 44.1 Å². The van der Waals surface area contributed by atoms with Gasteiger partial charge in [-0.15, -0.1) is 0 Å². The van der Waals surface area contributed by atoms with Crippen LogP contribution < -0.4 is 16.2 Å². The average Bonchev–Trinajstić information content (AvgIpc) is 2.84. The first-order valence-electron chi connectivity index (χ1n) is 11.8. The maximum atomic E-state index is 13.2. The first kappa shape index (κ1) is 24.0. The van der Waals surface area contributed by atoms with E-state index in [0.29, 0.717) is 16.1 Å². The highest BCUT2D eigenvalue weighted by molar-refractivity contribution is 7.99. The van der Waals surface area contributed by atoms with Gasteiger partial charge in [-0.05, 0) is 44.0 Å². The Hall–Kier alpha value is -3.13. The van der Waals surface area contributed by atoms with Gasteiger partial charge >= 0.3 is 0 Å². The van der Waals surface area contributed by atoms with E-state index in [0.717, 1.165) is 36.9 Å². The standard InChI is InChI=1S/C26H30N4O3S/c1-18-11-13-20(14-12-18)28-24(32)17-34-26-29-22-10-6-5-9-21(22)25(33)30(26)16-15-23(31)27-19-7-3-2-4-8-19/h5-6,9-14,19H,2-4,7-8,15-17H2,1H3,(H,27,31)(H,28,32). The van der Waals surface area contributed by atoms with Crippen molar-refractivity contribution in [1.82, 2.24) is 14.9 Å². The summed E-state index contributed by atoms with van der Waals surface area (Å²) in [5.74, 6) is -0.134. The zero-order valence-corrected chi connectivity index (χ0v) is 20.2. The first-order chi connectivity index (χ1) is 16.5. The van der Waals surface area contributed by atoms with E-state index < -0.39 is 0 Å². The van der Waals surface area contributed by atoms with E-state index in [1.54, 1.807) is 18.2 Å². The quantitative estimate of drug-likeness (QED) is 0.372. The van der Waals surface area contributed by atoms with Gasteiger partial charge in [0.05, 0.1) is 16.7 Å². The Balaban J connectivity index is 1.46. The lowest BCUT2D eigenvalue weighted by Gasteiger charge is -2.23. The van der Waals surface area contributed by atoms with Gasteiger partial charge in [-0.2, -0.15) is 0 Å². The predicted molar refractivity (Wildman–Crippen MR) is 136 cm³/mol. The summed E-state index contributed by atoms with van der Waals surface area (Å²) in [5.41, 5.74) is 2.22. The summed E-state index contributed by atoms with van der Waals surface area (Å²) in [6, 6.07) is 15.0. The SMILES string of the molecule is Cc1ccc(NC(=O)CSc2nc3ccccc3c(=O)n2CCC(=O)NC2CCCCC2)cc1. The fourth-order valence-corrected chi connectivity index (χ4v) is 5.00. The number of rotatable bonds is 8. The van der Waals surface area contributed by atoms with Crippen molar-refractivity contribution in [2.45, 2.75) is 63.2 Å². The van der Waals surface area contributed by atoms with Crippen molar-refractivity contribution >= 4 is 40.2 Å². The summed E-state index contributed by atoms with van der Waals surface area (Å²) in [7, 11) is 0. The molecule has 7 nitrogen and oxygen atoms in total. The van der Waals surface area contributed by atoms with Crippen molar-refractivity contribution in [3.8, 4) is 0 Å². The number of hydrogen-bond acceptors (Lipinski definition) is 5. The lowest BCUT2D eigenvalue weighted by molar-refractivity contribution is -0.122. The third kappa shape index (κ3) is 6.26. The molecule has 0 radical (unpaired) electrons. The summed E-state index contributed by atoms with van der Waals surface area (Å²) in [4.78, 5) is 42.9. The van der Waals surface area contributed by atoms with E-state index in [-0.39, 0.29) is 42.1 Å². The van der Waals surface area contributed by atoms with Gasteiger partial charge in [0.25, 0.3) is 5.56 Å². The molecule has 1 aliphatic carbocycles. The number of benzene rings is 2. The number of carbonyl (C=O) groups excluding carboxylic acids is 2. The van der Waals surface area contributed by atoms with Crippen molar-refractivity contribution in [3.05, 3.63) is 64.4 Å². The van der Waals surface area contributed by atoms with Gasteiger partial charge in [0.15, 0.2) is 5.16 Å². The van der Waals surface area contributed by atoms with E-state index in [1.165, 1.54) is 22.7 Å². The molecule has 34 heavy (non-hydrogen) atoms. The number of nitrogens with zero attached hydrogens (tertiary/aromatic N) is 2. The molecule has 0 unspecified atom stereocenters. The molecular formula is C26H30N4O3S. The Morgan fingerprint density at radius 2 is 1.76 bits per heavy atom. The fraction of sp³-hybridized carbons (Fsp3) is 0.385. The van der Waals surface area contributed by atoms with Crippen LogP contribution in [0.2, 0.25) is 0 Å². The Kier molecular flexibility index (Phi) is 8.00. The molecule has 8 heteroatoms. The van der Waals surface area contributed by atoms with Crippen LogP contribution in [0.5, 0.6) is 0 Å². The van der Waals surface area contributed by atoms with Crippen LogP contribution in [0.25, 0.3) is 10.9 Å². The van der Waals surface area contributed by atoms with Crippen molar-refractivity contribution in [2.24, 2.45) is 0 Å². The van der Waals surface area contributed by atoms with Gasteiger partial charge in [0.2, 0.25) is 11.8 Å². The number of fused-ring (bicyclic) bond motifs is 1. The number of thioether (sulfide) groups is 1. The van der Waals surface area contributed by atoms with Gasteiger partial charge in [0.1, 0.15) is 0 Å². The van der Waals surface area contributed by atoms with Crippen molar-refractivity contribution < 1.29 is 9.59 Å². The molecular weight excluding hydrogens is 448 g/mol. The molecule has 2 amide bonds. The highest BCUT2D eigenvalue weighted by atomic mass is 32.2. The van der Waals surface area contributed by atoms with Gasteiger partial charge in [-0.1, -0.05) is 60.9 Å². The zero-order chi connectivity index (χ0) is 23.9. The first-order valence-corrected chi connectivity index (χ1v) is 12.8. The van der Waals surface area contributed by atoms with E-state index in [4.69, 9.17) is 0 Å². The number of amides is 2. The van der Waals surface area contributed by atoms with E-state index in [2.05, 4.69) is 15.6 Å². The molecule has 0 saturated heterocycles. The highest BCUT2D eigenvalue weighted by Crippen LogP contribution is 2.20. The predicted octanol–water partition coefficient (Wildman–Crippen LogP) is 4.27. The van der Waals surface area contributed by atoms with Crippen LogP contribution in [0.4, 0.5) is 5.69 Å². The van der Waals surface area contributed by atoms with E-state index >= 15 is 0 Å². The zero-order valence-electron chi connectivity index (χ0n) is 19.4. The number of anilines is 1. The molecule has 0 aliphatic heterocycles. The number of para-hydroxylation sites is 1. The third-order valence-electron chi connectivity index (χ3n) is 6.03. The van der Waals surface area contributed by atoms with Crippen molar-refractivity contribution in [3.63, 3.8) is 0 Å². The minimum Gasteiger partial charge on any atom is -0.353 e. The minimum atomic E-state index is -0.197. The second kappa shape index (κ2) is 11.3. The number of carbonyl (C=O) groups is 2. The Labute approximate surface area is 203 Å². The molecule has 1 aromatic heterocycles. The molecule has 0 bridgehead atoms. The van der Waals surface area contributed by atoms with Gasteiger partial charge in [0, 0.05) is 24.7 Å². The smallest absolute Gasteiger partial charge is 0.262 e. The molecule has 1 heterocycles. The van der Waals surface area contributed by atoms with Crippen LogP contribution in [-0.4, -0.2) is 33.2 Å². The third-order valence-corrected chi connectivity index (χ3v) is 7.00. The summed E-state index contributed by atoms with van der Waals surface area (Å²) >= 11 is 1.20. The molecule has 178 valence electrons. The van der Waals surface area contributed by atoms with Crippen LogP contribution in [-0.2, 0) is 16.1 Å². The van der Waals surface area contributed by atoms with Crippen LogP contribution in [0, 0.1) is 6.92 Å². The summed E-state index contributed by atoms with van der Waals surface area (Å²) < 4.78 is 1.52. The molecule has 2 aromatic carbocycles. The normalized spacial score (nSPS) is 14.1. The minimum absolute atomic E-state index is 0.0555. The van der Waals surface area contributed by atoms with Crippen LogP contribution in [0.3, 0.4) is 0 Å². The molecule has 1 fully saturated rings. The molecule has 1 saturated carbocycles. The average molecular weight is 479 g/mol. The van der Waals surface area contributed by atoms with E-state index in [9.17, 15) is 14.4 Å². The second-order valence-electron chi connectivity index (χ2n) is 8.72. The topological polar surface area (TPSA) is 93.1 Å². The summed E-state index contributed by atoms with van der Waals surface area (Å²) in [6.07, 6.45) is 5.73. The number of nitrogens with one attached hydrogen (secondary N) is 2. The Morgan fingerprint density at radius 1 is 1.03 bits per heavy atom. The largest absolute Gasteiger partial charge is 0.353 e. The van der Waals surface area contributed by atoms with Crippen molar-refractivity contribution in [2.75, 3.05) is 11.1 Å². The van der Waals surface area contributed by atoms with Gasteiger partial charge < -0.3 is 10.6 Å². The highest BCUT2D eigenvalue weighted by Gasteiger charge is 2.18. The fourth-order valence-electron chi connectivity index (χ4n) is 4.18. The number of hydrogen-bond donors (Lipinski definition) is 2. The Bertz CT molecular complexity index is 1220. The van der Waals surface area contributed by atoms with E-state index in [1.807, 2.05) is 37.3 Å². The maximum absolute atomic E-state index is 13.2. The molecule has 0 spiro atoms. The molecule has 2 N–H and O–H groups in total. The van der Waals surface area contributed by atoms with Gasteiger partial charge in [-0.3, -0.25) is 19.0 Å². The molecule has 1 aliphatic rings. The van der Waals surface area contributed by atoms with Crippen molar-refractivity contribution in [1.29, 1.82) is 0 Å². The monoisotopic (exact) mass is 478 g/mol. The van der Waals surface area contributed by atoms with Crippen LogP contribution >= 0.6 is 11.8 Å². The molecule has 4 rings (SSSR count). The van der Waals surface area contributed by atoms with Crippen LogP contribution in [0.15, 0.2) is 58.5 Å².